The largest absolute Gasteiger partial charge is 0.358 e. The first-order valence-electron chi connectivity index (χ1n) is 11.9. The number of amides is 2. The number of aromatic amines is 1. The van der Waals surface area contributed by atoms with Gasteiger partial charge in [0.25, 0.3) is 11.8 Å². The standard InChI is InChI=1S/C28H29BrN4O2/c1-15-13-33(14-16(2)30-15)28(35)25-17(3)24(31-18(25)4)12-22-26-21(19-7-5-8-20(29)11-19)9-6-10-23(26)32-27(22)34/h5-12,15-16,30-31H,13-14H2,1-4H3,(H,32,34)/t15-,16+. The fourth-order valence-corrected chi connectivity index (χ4v) is 5.72. The molecule has 5 rings (SSSR count). The van der Waals surface area contributed by atoms with Crippen LogP contribution in [0.3, 0.4) is 0 Å². The van der Waals surface area contributed by atoms with E-state index in [1.54, 1.807) is 0 Å². The predicted molar refractivity (Wildman–Crippen MR) is 144 cm³/mol. The van der Waals surface area contributed by atoms with Crippen LogP contribution in [0.15, 0.2) is 46.9 Å². The van der Waals surface area contributed by atoms with Crippen molar-refractivity contribution >= 4 is 45.1 Å². The van der Waals surface area contributed by atoms with Crippen LogP contribution in [-0.2, 0) is 4.79 Å². The molecule has 0 saturated carbocycles. The number of aryl methyl sites for hydroxylation is 1. The number of nitrogens with zero attached hydrogens (tertiary/aromatic N) is 1. The van der Waals surface area contributed by atoms with Crippen molar-refractivity contribution in [2.45, 2.75) is 39.8 Å². The van der Waals surface area contributed by atoms with Gasteiger partial charge in [0.15, 0.2) is 0 Å². The van der Waals surface area contributed by atoms with Crippen LogP contribution >= 0.6 is 15.9 Å². The molecule has 0 spiro atoms. The zero-order chi connectivity index (χ0) is 24.9. The van der Waals surface area contributed by atoms with Gasteiger partial charge in [-0.15, -0.1) is 0 Å². The first-order chi connectivity index (χ1) is 16.7. The molecule has 2 amide bonds. The molecule has 7 heteroatoms. The molecule has 3 aromatic rings. The third kappa shape index (κ3) is 4.34. The minimum Gasteiger partial charge on any atom is -0.358 e. The van der Waals surface area contributed by atoms with E-state index in [-0.39, 0.29) is 23.9 Å². The summed E-state index contributed by atoms with van der Waals surface area (Å²) in [6, 6.07) is 14.5. The molecule has 35 heavy (non-hydrogen) atoms. The van der Waals surface area contributed by atoms with Gasteiger partial charge in [-0.05, 0) is 68.7 Å². The molecule has 1 saturated heterocycles. The Balaban J connectivity index is 1.56. The average Bonchev–Trinajstić information content (AvgIpc) is 3.27. The van der Waals surface area contributed by atoms with Crippen molar-refractivity contribution in [1.29, 1.82) is 0 Å². The lowest BCUT2D eigenvalue weighted by Gasteiger charge is -2.36. The molecule has 0 aliphatic carbocycles. The van der Waals surface area contributed by atoms with E-state index in [0.29, 0.717) is 24.2 Å². The van der Waals surface area contributed by atoms with E-state index >= 15 is 0 Å². The number of benzene rings is 2. The molecule has 2 atom stereocenters. The Bertz CT molecular complexity index is 1360. The second kappa shape index (κ2) is 9.13. The number of fused-ring (bicyclic) bond motifs is 1. The smallest absolute Gasteiger partial charge is 0.256 e. The predicted octanol–water partition coefficient (Wildman–Crippen LogP) is 5.38. The Labute approximate surface area is 213 Å². The number of piperazine rings is 1. The quantitative estimate of drug-likeness (QED) is 0.396. The molecule has 1 fully saturated rings. The lowest BCUT2D eigenvalue weighted by Crippen LogP contribution is -2.55. The van der Waals surface area contributed by atoms with E-state index < -0.39 is 0 Å². The maximum absolute atomic E-state index is 13.5. The van der Waals surface area contributed by atoms with Gasteiger partial charge >= 0.3 is 0 Å². The maximum atomic E-state index is 13.5. The van der Waals surface area contributed by atoms with Crippen LogP contribution in [0.2, 0.25) is 0 Å². The van der Waals surface area contributed by atoms with Gasteiger partial charge in [-0.3, -0.25) is 9.59 Å². The SMILES string of the molecule is Cc1[nH]c(C=C2C(=O)Nc3cccc(-c4cccc(Br)c4)c32)c(C)c1C(=O)N1C[C@@H](C)N[C@@H](C)C1. The third-order valence-electron chi connectivity index (χ3n) is 6.79. The molecule has 0 bridgehead atoms. The van der Waals surface area contributed by atoms with Gasteiger partial charge in [-0.2, -0.15) is 0 Å². The second-order valence-corrected chi connectivity index (χ2v) is 10.5. The van der Waals surface area contributed by atoms with Crippen molar-refractivity contribution in [2.24, 2.45) is 0 Å². The highest BCUT2D eigenvalue weighted by Crippen LogP contribution is 2.41. The van der Waals surface area contributed by atoms with Crippen molar-refractivity contribution in [3.8, 4) is 11.1 Å². The first-order valence-corrected chi connectivity index (χ1v) is 12.7. The number of nitrogens with one attached hydrogen (secondary N) is 3. The summed E-state index contributed by atoms with van der Waals surface area (Å²) < 4.78 is 0.978. The van der Waals surface area contributed by atoms with Crippen LogP contribution in [-0.4, -0.2) is 46.9 Å². The van der Waals surface area contributed by atoms with E-state index in [1.165, 1.54) is 0 Å². The zero-order valence-corrected chi connectivity index (χ0v) is 21.9. The van der Waals surface area contributed by atoms with Crippen LogP contribution in [0, 0.1) is 13.8 Å². The normalized spacial score (nSPS) is 20.8. The average molecular weight is 533 g/mol. The highest BCUT2D eigenvalue weighted by molar-refractivity contribution is 9.10. The first kappa shape index (κ1) is 23.6. The van der Waals surface area contributed by atoms with E-state index in [1.807, 2.05) is 67.3 Å². The molecular formula is C28H29BrN4O2. The molecule has 180 valence electrons. The van der Waals surface area contributed by atoms with Crippen LogP contribution < -0.4 is 10.6 Å². The van der Waals surface area contributed by atoms with Gasteiger partial charge in [-0.25, -0.2) is 0 Å². The Kier molecular flexibility index (Phi) is 6.15. The van der Waals surface area contributed by atoms with Crippen molar-refractivity contribution in [2.75, 3.05) is 18.4 Å². The van der Waals surface area contributed by atoms with Crippen molar-refractivity contribution in [1.82, 2.24) is 15.2 Å². The van der Waals surface area contributed by atoms with Crippen molar-refractivity contribution < 1.29 is 9.59 Å². The van der Waals surface area contributed by atoms with E-state index in [0.717, 1.165) is 43.8 Å². The molecule has 1 aromatic heterocycles. The van der Waals surface area contributed by atoms with Crippen LogP contribution in [0.1, 0.15) is 46.7 Å². The summed E-state index contributed by atoms with van der Waals surface area (Å²) in [6.45, 7) is 9.42. The molecule has 3 N–H and O–H groups in total. The van der Waals surface area contributed by atoms with Crippen molar-refractivity contribution in [3.05, 3.63) is 75.0 Å². The summed E-state index contributed by atoms with van der Waals surface area (Å²) in [5.41, 5.74) is 7.41. The zero-order valence-electron chi connectivity index (χ0n) is 20.3. The van der Waals surface area contributed by atoms with Gasteiger partial charge in [0.2, 0.25) is 0 Å². The number of halogens is 1. The number of aromatic nitrogens is 1. The maximum Gasteiger partial charge on any atom is 0.256 e. The van der Waals surface area contributed by atoms with E-state index in [2.05, 4.69) is 45.4 Å². The molecule has 0 unspecified atom stereocenters. The lowest BCUT2D eigenvalue weighted by atomic mass is 9.94. The summed E-state index contributed by atoms with van der Waals surface area (Å²) >= 11 is 3.55. The lowest BCUT2D eigenvalue weighted by molar-refractivity contribution is -0.110. The van der Waals surface area contributed by atoms with Gasteiger partial charge in [0, 0.05) is 52.3 Å². The van der Waals surface area contributed by atoms with Crippen LogP contribution in [0.4, 0.5) is 5.69 Å². The van der Waals surface area contributed by atoms with Gasteiger partial charge in [-0.1, -0.05) is 40.2 Å². The molecule has 2 aromatic carbocycles. The fraction of sp³-hybridized carbons (Fsp3) is 0.286. The fourth-order valence-electron chi connectivity index (χ4n) is 5.32. The molecule has 2 aliphatic rings. The molecule has 3 heterocycles. The molecular weight excluding hydrogens is 504 g/mol. The number of H-pyrrole nitrogens is 1. The Morgan fingerprint density at radius 3 is 2.51 bits per heavy atom. The Morgan fingerprint density at radius 2 is 1.80 bits per heavy atom. The Morgan fingerprint density at radius 1 is 1.09 bits per heavy atom. The molecule has 6 nitrogen and oxygen atoms in total. The number of anilines is 1. The van der Waals surface area contributed by atoms with Gasteiger partial charge in [0.1, 0.15) is 0 Å². The topological polar surface area (TPSA) is 77.2 Å². The van der Waals surface area contributed by atoms with Crippen LogP contribution in [0.25, 0.3) is 22.8 Å². The number of carbonyl (C=O) groups is 2. The van der Waals surface area contributed by atoms with Crippen LogP contribution in [0.5, 0.6) is 0 Å². The third-order valence-corrected chi connectivity index (χ3v) is 7.28. The summed E-state index contributed by atoms with van der Waals surface area (Å²) in [5.74, 6) is -0.112. The summed E-state index contributed by atoms with van der Waals surface area (Å²) in [4.78, 5) is 31.8. The highest BCUT2D eigenvalue weighted by atomic mass is 79.9. The Hall–Kier alpha value is -3.16. The number of rotatable bonds is 3. The van der Waals surface area contributed by atoms with Gasteiger partial charge in [0.05, 0.1) is 11.1 Å². The number of hydrogen-bond donors (Lipinski definition) is 3. The summed E-state index contributed by atoms with van der Waals surface area (Å²) in [6.07, 6.45) is 1.88. The highest BCUT2D eigenvalue weighted by Gasteiger charge is 2.31. The van der Waals surface area contributed by atoms with Gasteiger partial charge < -0.3 is 20.5 Å². The minimum absolute atomic E-state index is 0.0344. The van der Waals surface area contributed by atoms with E-state index in [4.69, 9.17) is 0 Å². The summed E-state index contributed by atoms with van der Waals surface area (Å²) in [7, 11) is 0. The molecule has 0 radical (unpaired) electrons. The molecule has 2 aliphatic heterocycles. The number of carbonyl (C=O) groups excluding carboxylic acids is 2. The second-order valence-electron chi connectivity index (χ2n) is 9.59. The van der Waals surface area contributed by atoms with E-state index in [9.17, 15) is 9.59 Å². The minimum atomic E-state index is -0.147. The summed E-state index contributed by atoms with van der Waals surface area (Å²) in [5, 5.41) is 6.48. The monoisotopic (exact) mass is 532 g/mol. The number of hydrogen-bond acceptors (Lipinski definition) is 3. The van der Waals surface area contributed by atoms with Crippen molar-refractivity contribution in [3.63, 3.8) is 0 Å².